The number of nitrogens with zero attached hydrogens (tertiary/aromatic N) is 1. The lowest BCUT2D eigenvalue weighted by atomic mass is 10.0. The second kappa shape index (κ2) is 6.71. The minimum absolute atomic E-state index is 0.235. The minimum Gasteiger partial charge on any atom is -0.478 e. The molecule has 112 valence electrons. The van der Waals surface area contributed by atoms with Gasteiger partial charge in [-0.25, -0.2) is 4.79 Å². The molecule has 1 heterocycles. The van der Waals surface area contributed by atoms with Crippen molar-refractivity contribution in [2.75, 3.05) is 0 Å². The normalized spacial score (nSPS) is 10.8. The van der Waals surface area contributed by atoms with E-state index in [0.29, 0.717) is 5.69 Å². The van der Waals surface area contributed by atoms with Gasteiger partial charge in [-0.2, -0.15) is 0 Å². The molecule has 3 nitrogen and oxygen atoms in total. The molecule has 3 rings (SSSR count). The fourth-order valence-corrected chi connectivity index (χ4v) is 2.27. The number of carbonyl (C=O) groups is 1. The van der Waals surface area contributed by atoms with Gasteiger partial charge in [0.05, 0.1) is 11.3 Å². The molecule has 23 heavy (non-hydrogen) atoms. The van der Waals surface area contributed by atoms with Crippen molar-refractivity contribution >= 4 is 18.1 Å². The molecule has 2 aromatic carbocycles. The molecule has 0 bridgehead atoms. The summed E-state index contributed by atoms with van der Waals surface area (Å²) in [4.78, 5) is 15.1. The van der Waals surface area contributed by atoms with Crippen molar-refractivity contribution in [2.45, 2.75) is 0 Å². The Bertz CT molecular complexity index is 837. The number of aromatic nitrogens is 1. The Morgan fingerprint density at radius 2 is 1.57 bits per heavy atom. The maximum absolute atomic E-state index is 10.9. The highest BCUT2D eigenvalue weighted by atomic mass is 16.4. The van der Waals surface area contributed by atoms with Crippen molar-refractivity contribution in [2.24, 2.45) is 0 Å². The predicted octanol–water partition coefficient (Wildman–Crippen LogP) is 4.62. The van der Waals surface area contributed by atoms with Gasteiger partial charge in [-0.05, 0) is 34.9 Å². The van der Waals surface area contributed by atoms with E-state index in [1.165, 1.54) is 17.8 Å². The smallest absolute Gasteiger partial charge is 0.335 e. The van der Waals surface area contributed by atoms with Crippen molar-refractivity contribution in [3.8, 4) is 11.1 Å². The van der Waals surface area contributed by atoms with Crippen LogP contribution >= 0.6 is 0 Å². The highest BCUT2D eigenvalue weighted by molar-refractivity contribution is 5.88. The number of pyridine rings is 1. The second-order valence-corrected chi connectivity index (χ2v) is 5.10. The zero-order valence-electron chi connectivity index (χ0n) is 12.4. The van der Waals surface area contributed by atoms with E-state index >= 15 is 0 Å². The Hall–Kier alpha value is -3.20. The number of hydrogen-bond donors (Lipinski definition) is 1. The molecule has 3 aromatic rings. The molecule has 0 saturated carbocycles. The van der Waals surface area contributed by atoms with E-state index in [1.54, 1.807) is 6.07 Å². The van der Waals surface area contributed by atoms with Crippen LogP contribution in [0, 0.1) is 0 Å². The summed E-state index contributed by atoms with van der Waals surface area (Å²) < 4.78 is 0. The van der Waals surface area contributed by atoms with Crippen LogP contribution in [0.3, 0.4) is 0 Å². The summed E-state index contributed by atoms with van der Waals surface area (Å²) in [6, 6.07) is 21.4. The Balaban J connectivity index is 1.78. The molecule has 1 N–H and O–H groups in total. The number of carboxylic acids is 1. The highest BCUT2D eigenvalue weighted by Crippen LogP contribution is 2.20. The van der Waals surface area contributed by atoms with Gasteiger partial charge in [-0.3, -0.25) is 4.98 Å². The van der Waals surface area contributed by atoms with E-state index in [1.807, 2.05) is 42.5 Å². The van der Waals surface area contributed by atoms with Crippen LogP contribution in [-0.4, -0.2) is 16.1 Å². The third kappa shape index (κ3) is 3.71. The van der Waals surface area contributed by atoms with Gasteiger partial charge in [0.15, 0.2) is 0 Å². The first-order valence-corrected chi connectivity index (χ1v) is 7.25. The number of rotatable bonds is 4. The summed E-state index contributed by atoms with van der Waals surface area (Å²) in [6.45, 7) is 0. The average Bonchev–Trinajstić information content (AvgIpc) is 2.61. The van der Waals surface area contributed by atoms with Crippen molar-refractivity contribution in [1.29, 1.82) is 0 Å². The Morgan fingerprint density at radius 1 is 0.870 bits per heavy atom. The molecule has 0 saturated heterocycles. The lowest BCUT2D eigenvalue weighted by molar-refractivity contribution is 0.0696. The fourth-order valence-electron chi connectivity index (χ4n) is 2.27. The van der Waals surface area contributed by atoms with Gasteiger partial charge in [-0.1, -0.05) is 60.7 Å². The molecule has 0 atom stereocenters. The number of benzene rings is 2. The number of hydrogen-bond acceptors (Lipinski definition) is 2. The largest absolute Gasteiger partial charge is 0.478 e. The molecular formula is C20H15NO2. The molecule has 0 amide bonds. The van der Waals surface area contributed by atoms with Crippen LogP contribution in [0.1, 0.15) is 21.6 Å². The molecular weight excluding hydrogens is 286 g/mol. The molecule has 0 aliphatic rings. The molecule has 0 unspecified atom stereocenters. The van der Waals surface area contributed by atoms with Crippen molar-refractivity contribution in [3.63, 3.8) is 0 Å². The first-order chi connectivity index (χ1) is 11.2. The standard InChI is InChI=1S/C20H15NO2/c22-20(23)18-12-13-21-19(14-18)11-8-15-6-9-17(10-7-15)16-4-2-1-3-5-16/h1-14H,(H,22,23)/b11-8+. The SMILES string of the molecule is O=C(O)c1ccnc(/C=C/c2ccc(-c3ccccc3)cc2)c1. The average molecular weight is 301 g/mol. The van der Waals surface area contributed by atoms with Crippen molar-refractivity contribution in [1.82, 2.24) is 4.98 Å². The molecule has 3 heteroatoms. The van der Waals surface area contributed by atoms with Gasteiger partial charge in [0.25, 0.3) is 0 Å². The van der Waals surface area contributed by atoms with Crippen LogP contribution in [0.25, 0.3) is 23.3 Å². The molecule has 0 radical (unpaired) electrons. The summed E-state index contributed by atoms with van der Waals surface area (Å²) in [6.07, 6.45) is 5.23. The van der Waals surface area contributed by atoms with Gasteiger partial charge in [0.1, 0.15) is 0 Å². The molecule has 0 fully saturated rings. The second-order valence-electron chi connectivity index (χ2n) is 5.10. The number of carboxylic acid groups (broad SMARTS) is 1. The predicted molar refractivity (Wildman–Crippen MR) is 92.0 cm³/mol. The molecule has 0 aliphatic heterocycles. The van der Waals surface area contributed by atoms with Crippen LogP contribution < -0.4 is 0 Å². The van der Waals surface area contributed by atoms with Gasteiger partial charge in [0, 0.05) is 6.20 Å². The Labute approximate surface area is 134 Å². The van der Waals surface area contributed by atoms with E-state index in [-0.39, 0.29) is 5.56 Å². The van der Waals surface area contributed by atoms with Crippen molar-refractivity contribution in [3.05, 3.63) is 89.7 Å². The highest BCUT2D eigenvalue weighted by Gasteiger charge is 2.02. The van der Waals surface area contributed by atoms with Crippen LogP contribution in [-0.2, 0) is 0 Å². The van der Waals surface area contributed by atoms with Gasteiger partial charge < -0.3 is 5.11 Å². The first-order valence-electron chi connectivity index (χ1n) is 7.25. The molecule has 0 aliphatic carbocycles. The first kappa shape index (κ1) is 14.7. The zero-order valence-corrected chi connectivity index (χ0v) is 12.4. The van der Waals surface area contributed by atoms with Gasteiger partial charge >= 0.3 is 5.97 Å². The Kier molecular flexibility index (Phi) is 4.29. The van der Waals surface area contributed by atoms with Crippen LogP contribution in [0.15, 0.2) is 72.9 Å². The minimum atomic E-state index is -0.950. The van der Waals surface area contributed by atoms with E-state index in [4.69, 9.17) is 5.11 Å². The van der Waals surface area contributed by atoms with E-state index in [9.17, 15) is 4.79 Å². The summed E-state index contributed by atoms with van der Waals surface area (Å²) >= 11 is 0. The fraction of sp³-hybridized carbons (Fsp3) is 0. The van der Waals surface area contributed by atoms with Gasteiger partial charge in [-0.15, -0.1) is 0 Å². The quantitative estimate of drug-likeness (QED) is 0.765. The lowest BCUT2D eigenvalue weighted by Gasteiger charge is -2.02. The van der Waals surface area contributed by atoms with E-state index in [2.05, 4.69) is 29.2 Å². The van der Waals surface area contributed by atoms with E-state index < -0.39 is 5.97 Å². The third-order valence-electron chi connectivity index (χ3n) is 3.49. The van der Waals surface area contributed by atoms with Crippen LogP contribution in [0.2, 0.25) is 0 Å². The molecule has 0 spiro atoms. The molecule has 1 aromatic heterocycles. The number of aromatic carboxylic acids is 1. The lowest BCUT2D eigenvalue weighted by Crippen LogP contribution is -1.96. The topological polar surface area (TPSA) is 50.2 Å². The summed E-state index contributed by atoms with van der Waals surface area (Å²) in [5.74, 6) is -0.950. The summed E-state index contributed by atoms with van der Waals surface area (Å²) in [7, 11) is 0. The monoisotopic (exact) mass is 301 g/mol. The Morgan fingerprint density at radius 3 is 2.26 bits per heavy atom. The third-order valence-corrected chi connectivity index (χ3v) is 3.49. The maximum Gasteiger partial charge on any atom is 0.335 e. The summed E-state index contributed by atoms with van der Waals surface area (Å²) in [5.41, 5.74) is 4.23. The summed E-state index contributed by atoms with van der Waals surface area (Å²) in [5, 5.41) is 8.98. The van der Waals surface area contributed by atoms with Crippen LogP contribution in [0.5, 0.6) is 0 Å². The van der Waals surface area contributed by atoms with Gasteiger partial charge in [0.2, 0.25) is 0 Å². The van der Waals surface area contributed by atoms with E-state index in [0.717, 1.165) is 11.1 Å². The maximum atomic E-state index is 10.9. The van der Waals surface area contributed by atoms with Crippen molar-refractivity contribution < 1.29 is 9.90 Å². The zero-order chi connectivity index (χ0) is 16.1. The van der Waals surface area contributed by atoms with Crippen LogP contribution in [0.4, 0.5) is 0 Å².